The Morgan fingerprint density at radius 2 is 1.90 bits per heavy atom. The van der Waals surface area contributed by atoms with Crippen LogP contribution in [0.25, 0.3) is 0 Å². The SMILES string of the molecule is CC(C)(C)[S+]([O-])N[C@](CCC1CC1)(c1cccc(C#N)c1)c1ccc(F)c(NC(=O)[C@H]2C[C@@H](O)CN2C(=O)O)c1. The lowest BCUT2D eigenvalue weighted by Gasteiger charge is -2.39. The molecule has 1 saturated carbocycles. The van der Waals surface area contributed by atoms with Gasteiger partial charge in [-0.05, 0) is 74.9 Å². The molecule has 1 saturated heterocycles. The number of hydrogen-bond donors (Lipinski definition) is 4. The van der Waals surface area contributed by atoms with Crippen molar-refractivity contribution >= 4 is 29.0 Å². The molecule has 2 amide bonds. The number of carbonyl (C=O) groups is 2. The van der Waals surface area contributed by atoms with Crippen LogP contribution in [0.2, 0.25) is 0 Å². The summed E-state index contributed by atoms with van der Waals surface area (Å²) in [6, 6.07) is 12.2. The molecule has 40 heavy (non-hydrogen) atoms. The number of benzene rings is 2. The third-order valence-corrected chi connectivity index (χ3v) is 9.12. The molecule has 2 fully saturated rings. The zero-order chi connectivity index (χ0) is 29.2. The molecule has 1 aliphatic heterocycles. The average Bonchev–Trinajstić information content (AvgIpc) is 3.65. The zero-order valence-electron chi connectivity index (χ0n) is 22.8. The minimum atomic E-state index is -1.56. The highest BCUT2D eigenvalue weighted by Crippen LogP contribution is 2.43. The molecule has 4 N–H and O–H groups in total. The highest BCUT2D eigenvalue weighted by atomic mass is 32.2. The van der Waals surface area contributed by atoms with E-state index < -0.39 is 51.6 Å². The summed E-state index contributed by atoms with van der Waals surface area (Å²) in [5, 5.41) is 31.5. The lowest BCUT2D eigenvalue weighted by Crippen LogP contribution is -2.52. The summed E-state index contributed by atoms with van der Waals surface area (Å²) in [4.78, 5) is 25.5. The van der Waals surface area contributed by atoms with Gasteiger partial charge in [-0.3, -0.25) is 9.69 Å². The summed E-state index contributed by atoms with van der Waals surface area (Å²) in [5.74, 6) is -0.966. The molecular formula is C29H35FN4O5S. The molecule has 2 aliphatic rings. The van der Waals surface area contributed by atoms with Gasteiger partial charge < -0.3 is 20.1 Å². The van der Waals surface area contributed by atoms with Crippen molar-refractivity contribution in [3.63, 3.8) is 0 Å². The Labute approximate surface area is 236 Å². The number of nitrogens with one attached hydrogen (secondary N) is 2. The molecule has 1 unspecified atom stereocenters. The van der Waals surface area contributed by atoms with Crippen LogP contribution in [0.3, 0.4) is 0 Å². The summed E-state index contributed by atoms with van der Waals surface area (Å²) < 4.78 is 31.4. The summed E-state index contributed by atoms with van der Waals surface area (Å²) in [5.41, 5.74) is 0.395. The fourth-order valence-electron chi connectivity index (χ4n) is 4.99. The predicted molar refractivity (Wildman–Crippen MR) is 149 cm³/mol. The maximum Gasteiger partial charge on any atom is 0.408 e. The molecule has 2 aromatic carbocycles. The molecule has 4 rings (SSSR count). The van der Waals surface area contributed by atoms with Gasteiger partial charge in [-0.15, -0.1) is 4.72 Å². The van der Waals surface area contributed by atoms with Gasteiger partial charge >= 0.3 is 6.09 Å². The van der Waals surface area contributed by atoms with E-state index in [1.165, 1.54) is 12.1 Å². The van der Waals surface area contributed by atoms with E-state index in [0.29, 0.717) is 29.0 Å². The second-order valence-electron chi connectivity index (χ2n) is 11.6. The number of carboxylic acid groups (broad SMARTS) is 1. The number of likely N-dealkylation sites (tertiary alicyclic amines) is 1. The van der Waals surface area contributed by atoms with Gasteiger partial charge in [-0.1, -0.05) is 31.0 Å². The van der Waals surface area contributed by atoms with Crippen molar-refractivity contribution < 1.29 is 28.7 Å². The Morgan fingerprint density at radius 3 is 2.52 bits per heavy atom. The van der Waals surface area contributed by atoms with Gasteiger partial charge in [0.15, 0.2) is 0 Å². The van der Waals surface area contributed by atoms with Crippen LogP contribution in [0.4, 0.5) is 14.9 Å². The maximum absolute atomic E-state index is 15.1. The van der Waals surface area contributed by atoms with E-state index in [0.717, 1.165) is 24.2 Å². The molecule has 0 bridgehead atoms. The van der Waals surface area contributed by atoms with Crippen LogP contribution in [0, 0.1) is 23.1 Å². The number of aliphatic hydroxyl groups is 1. The maximum atomic E-state index is 15.1. The quantitative estimate of drug-likeness (QED) is 0.330. The van der Waals surface area contributed by atoms with Crippen molar-refractivity contribution in [3.05, 3.63) is 65.0 Å². The van der Waals surface area contributed by atoms with Crippen molar-refractivity contribution in [2.45, 2.75) is 75.3 Å². The number of carbonyl (C=O) groups excluding carboxylic acids is 1. The van der Waals surface area contributed by atoms with Crippen molar-refractivity contribution in [3.8, 4) is 6.07 Å². The first-order valence-corrected chi connectivity index (χ1v) is 14.5. The van der Waals surface area contributed by atoms with Gasteiger partial charge in [0.25, 0.3) is 0 Å². The van der Waals surface area contributed by atoms with Crippen LogP contribution < -0.4 is 10.0 Å². The number of aliphatic hydroxyl groups excluding tert-OH is 1. The number of rotatable bonds is 9. The first kappa shape index (κ1) is 29.8. The number of nitriles is 1. The minimum Gasteiger partial charge on any atom is -0.598 e. The van der Waals surface area contributed by atoms with Gasteiger partial charge in [-0.25, -0.2) is 9.18 Å². The normalized spacial score (nSPS) is 21.4. The Balaban J connectivity index is 1.79. The largest absolute Gasteiger partial charge is 0.598 e. The van der Waals surface area contributed by atoms with Crippen LogP contribution in [0.1, 0.15) is 69.6 Å². The van der Waals surface area contributed by atoms with Crippen molar-refractivity contribution in [1.29, 1.82) is 5.26 Å². The first-order valence-electron chi connectivity index (χ1n) is 13.3. The molecule has 1 aliphatic carbocycles. The molecule has 11 heteroatoms. The Morgan fingerprint density at radius 1 is 1.20 bits per heavy atom. The van der Waals surface area contributed by atoms with Crippen LogP contribution in [0.5, 0.6) is 0 Å². The second-order valence-corrected chi connectivity index (χ2v) is 13.6. The number of hydrogen-bond acceptors (Lipinski definition) is 6. The molecule has 0 radical (unpaired) electrons. The van der Waals surface area contributed by atoms with Gasteiger partial charge in [0.1, 0.15) is 22.1 Å². The van der Waals surface area contributed by atoms with E-state index in [1.807, 2.05) is 26.8 Å². The van der Waals surface area contributed by atoms with Crippen molar-refractivity contribution in [2.24, 2.45) is 5.92 Å². The fourth-order valence-corrected chi connectivity index (χ4v) is 5.95. The Bertz CT molecular complexity index is 1310. The monoisotopic (exact) mass is 570 g/mol. The number of β-amino-alcohol motifs (C(OH)–C–C–N with tert-alkyl or cyclic N) is 1. The zero-order valence-corrected chi connectivity index (χ0v) is 23.6. The van der Waals surface area contributed by atoms with E-state index in [9.17, 15) is 29.6 Å². The molecule has 0 aromatic heterocycles. The first-order chi connectivity index (χ1) is 18.8. The van der Waals surface area contributed by atoms with Crippen LogP contribution in [-0.4, -0.2) is 55.1 Å². The standard InChI is InChI=1S/C29H35FN4O5S/c1-28(2,3)40(39)33-29(12-11-18-7-8-18,20-6-4-5-19(13-20)16-31)21-9-10-23(30)24(14-21)32-26(36)25-15-22(35)17-34(25)27(37)38/h4-6,9-10,13-14,18,22,25,33,35H,7-8,11-12,15,17H2,1-3H3,(H,32,36)(H,37,38)/t22-,25-,29-,40?/m1/s1. The Kier molecular flexibility index (Phi) is 8.75. The van der Waals surface area contributed by atoms with Gasteiger partial charge in [0.05, 0.1) is 30.0 Å². The fraction of sp³-hybridized carbons (Fsp3) is 0.483. The third-order valence-electron chi connectivity index (χ3n) is 7.48. The topological polar surface area (TPSA) is 149 Å². The average molecular weight is 571 g/mol. The third kappa shape index (κ3) is 6.58. The number of nitrogens with zero attached hydrogens (tertiary/aromatic N) is 2. The second kappa shape index (κ2) is 11.7. The molecule has 9 nitrogen and oxygen atoms in total. The summed E-state index contributed by atoms with van der Waals surface area (Å²) >= 11 is -1.56. The van der Waals surface area contributed by atoms with Gasteiger partial charge in [0, 0.05) is 17.8 Å². The molecule has 4 atom stereocenters. The van der Waals surface area contributed by atoms with E-state index in [1.54, 1.807) is 24.3 Å². The lowest BCUT2D eigenvalue weighted by molar-refractivity contribution is -0.120. The van der Waals surface area contributed by atoms with Crippen molar-refractivity contribution in [2.75, 3.05) is 11.9 Å². The number of amides is 2. The van der Waals surface area contributed by atoms with E-state index in [2.05, 4.69) is 16.1 Å². The van der Waals surface area contributed by atoms with Crippen LogP contribution in [0.15, 0.2) is 42.5 Å². The van der Waals surface area contributed by atoms with Gasteiger partial charge in [0.2, 0.25) is 5.91 Å². The molecule has 2 aromatic rings. The summed E-state index contributed by atoms with van der Waals surface area (Å²) in [6.07, 6.45) is 1.05. The van der Waals surface area contributed by atoms with Gasteiger partial charge in [-0.2, -0.15) is 5.26 Å². The Hall–Kier alpha value is -3.17. The molecular weight excluding hydrogens is 535 g/mol. The minimum absolute atomic E-state index is 0.0994. The number of halogens is 1. The van der Waals surface area contributed by atoms with E-state index in [4.69, 9.17) is 0 Å². The van der Waals surface area contributed by atoms with Crippen molar-refractivity contribution in [1.82, 2.24) is 9.62 Å². The molecule has 214 valence electrons. The van der Waals surface area contributed by atoms with E-state index in [-0.39, 0.29) is 18.7 Å². The summed E-state index contributed by atoms with van der Waals surface area (Å²) in [7, 11) is 0. The van der Waals surface area contributed by atoms with Crippen LogP contribution >= 0.6 is 0 Å². The smallest absolute Gasteiger partial charge is 0.408 e. The predicted octanol–water partition coefficient (Wildman–Crippen LogP) is 4.23. The van der Waals surface area contributed by atoms with E-state index >= 15 is 4.39 Å². The molecule has 1 heterocycles. The lowest BCUT2D eigenvalue weighted by atomic mass is 9.79. The highest BCUT2D eigenvalue weighted by Gasteiger charge is 2.44. The summed E-state index contributed by atoms with van der Waals surface area (Å²) in [6.45, 7) is 5.31. The van der Waals surface area contributed by atoms with Crippen LogP contribution in [-0.2, 0) is 21.7 Å². The highest BCUT2D eigenvalue weighted by molar-refractivity contribution is 7.90. The molecule has 0 spiro atoms. The number of anilines is 1.